The summed E-state index contributed by atoms with van der Waals surface area (Å²) in [6.07, 6.45) is 2.68. The number of ether oxygens (including phenoxy) is 1. The minimum Gasteiger partial charge on any atom is -0.378 e. The molecule has 1 aromatic rings. The first kappa shape index (κ1) is 17.7. The standard InChI is InChI=1S/C16H29N5O2/c1-15(2)12(11-16(15,3)23-6)17-14(22)18-13-7-8-21(19-13)10-9-20(4)5/h7-8,12H,9-11H2,1-6H3,(H2,17,18,19,22)/t12-,16-/m1/s1. The van der Waals surface area contributed by atoms with E-state index < -0.39 is 0 Å². The van der Waals surface area contributed by atoms with Gasteiger partial charge in [0.15, 0.2) is 5.82 Å². The molecular weight excluding hydrogens is 294 g/mol. The predicted molar refractivity (Wildman–Crippen MR) is 90.5 cm³/mol. The van der Waals surface area contributed by atoms with Crippen LogP contribution in [-0.4, -0.2) is 60.1 Å². The van der Waals surface area contributed by atoms with Crippen molar-refractivity contribution in [1.82, 2.24) is 20.0 Å². The van der Waals surface area contributed by atoms with Gasteiger partial charge in [-0.05, 0) is 27.4 Å². The van der Waals surface area contributed by atoms with Crippen LogP contribution >= 0.6 is 0 Å². The van der Waals surface area contributed by atoms with Crippen molar-refractivity contribution in [3.05, 3.63) is 12.3 Å². The van der Waals surface area contributed by atoms with Crippen LogP contribution in [0.15, 0.2) is 12.3 Å². The molecule has 0 spiro atoms. The summed E-state index contributed by atoms with van der Waals surface area (Å²) < 4.78 is 7.40. The largest absolute Gasteiger partial charge is 0.378 e. The first-order valence-corrected chi connectivity index (χ1v) is 7.99. The molecule has 1 saturated carbocycles. The Hall–Kier alpha value is -1.60. The fourth-order valence-corrected chi connectivity index (χ4v) is 2.89. The summed E-state index contributed by atoms with van der Waals surface area (Å²) >= 11 is 0. The summed E-state index contributed by atoms with van der Waals surface area (Å²) in [6.45, 7) is 7.99. The molecule has 7 heteroatoms. The van der Waals surface area contributed by atoms with Gasteiger partial charge in [-0.3, -0.25) is 10.00 Å². The van der Waals surface area contributed by atoms with Gasteiger partial charge in [-0.2, -0.15) is 5.10 Å². The second-order valence-corrected chi connectivity index (χ2v) is 7.28. The van der Waals surface area contributed by atoms with Gasteiger partial charge in [0.05, 0.1) is 12.1 Å². The van der Waals surface area contributed by atoms with Crippen LogP contribution < -0.4 is 10.6 Å². The zero-order valence-corrected chi connectivity index (χ0v) is 15.0. The van der Waals surface area contributed by atoms with Gasteiger partial charge in [0.25, 0.3) is 0 Å². The maximum atomic E-state index is 12.2. The van der Waals surface area contributed by atoms with Gasteiger partial charge in [-0.15, -0.1) is 0 Å². The number of hydrogen-bond acceptors (Lipinski definition) is 4. The molecule has 1 fully saturated rings. The van der Waals surface area contributed by atoms with Crippen LogP contribution in [0.2, 0.25) is 0 Å². The molecule has 130 valence electrons. The predicted octanol–water partition coefficient (Wildman–Crippen LogP) is 1.77. The zero-order chi connectivity index (χ0) is 17.3. The maximum absolute atomic E-state index is 12.2. The van der Waals surface area contributed by atoms with Crippen molar-refractivity contribution < 1.29 is 9.53 Å². The van der Waals surface area contributed by atoms with Crippen molar-refractivity contribution in [1.29, 1.82) is 0 Å². The molecule has 2 amide bonds. The molecular formula is C16H29N5O2. The Kier molecular flexibility index (Phi) is 5.01. The van der Waals surface area contributed by atoms with E-state index in [1.165, 1.54) is 0 Å². The summed E-state index contributed by atoms with van der Waals surface area (Å²) in [5.41, 5.74) is -0.303. The zero-order valence-electron chi connectivity index (χ0n) is 15.0. The molecule has 0 bridgehead atoms. The molecule has 0 aromatic carbocycles. The Labute approximate surface area is 138 Å². The number of urea groups is 1. The third-order valence-electron chi connectivity index (χ3n) is 5.24. The summed E-state index contributed by atoms with van der Waals surface area (Å²) in [6, 6.07) is 1.67. The Morgan fingerprint density at radius 2 is 2.17 bits per heavy atom. The molecule has 0 aliphatic heterocycles. The lowest BCUT2D eigenvalue weighted by molar-refractivity contribution is -0.177. The molecule has 1 aromatic heterocycles. The second kappa shape index (κ2) is 6.49. The van der Waals surface area contributed by atoms with E-state index >= 15 is 0 Å². The molecule has 2 N–H and O–H groups in total. The Bertz CT molecular complexity index is 554. The first-order chi connectivity index (χ1) is 10.7. The number of anilines is 1. The number of rotatable bonds is 6. The summed E-state index contributed by atoms with van der Waals surface area (Å²) in [4.78, 5) is 14.2. The summed E-state index contributed by atoms with van der Waals surface area (Å²) in [7, 11) is 5.76. The smallest absolute Gasteiger partial charge is 0.320 e. The number of methoxy groups -OCH3 is 1. The van der Waals surface area contributed by atoms with Gasteiger partial charge in [-0.1, -0.05) is 13.8 Å². The van der Waals surface area contributed by atoms with Crippen LogP contribution in [0, 0.1) is 5.41 Å². The Balaban J connectivity index is 1.84. The highest BCUT2D eigenvalue weighted by atomic mass is 16.5. The van der Waals surface area contributed by atoms with Crippen molar-refractivity contribution in [3.63, 3.8) is 0 Å². The van der Waals surface area contributed by atoms with Crippen molar-refractivity contribution in [2.75, 3.05) is 33.1 Å². The number of hydrogen-bond donors (Lipinski definition) is 2. The van der Waals surface area contributed by atoms with Crippen LogP contribution in [0.25, 0.3) is 0 Å². The number of carbonyl (C=O) groups is 1. The van der Waals surface area contributed by atoms with E-state index in [9.17, 15) is 4.79 Å². The average Bonchev–Trinajstić information content (AvgIpc) is 2.91. The van der Waals surface area contributed by atoms with Crippen molar-refractivity contribution in [3.8, 4) is 0 Å². The van der Waals surface area contributed by atoms with Gasteiger partial charge < -0.3 is 15.0 Å². The van der Waals surface area contributed by atoms with E-state index in [4.69, 9.17) is 4.74 Å². The fourth-order valence-electron chi connectivity index (χ4n) is 2.89. The van der Waals surface area contributed by atoms with Crippen molar-refractivity contribution in [2.24, 2.45) is 5.41 Å². The molecule has 0 radical (unpaired) electrons. The van der Waals surface area contributed by atoms with E-state index in [2.05, 4.69) is 41.4 Å². The number of amides is 2. The average molecular weight is 323 g/mol. The molecule has 0 saturated heterocycles. The number of nitrogens with one attached hydrogen (secondary N) is 2. The van der Waals surface area contributed by atoms with Crippen LogP contribution in [0.1, 0.15) is 27.2 Å². The van der Waals surface area contributed by atoms with E-state index in [1.807, 2.05) is 25.0 Å². The Morgan fingerprint density at radius 1 is 1.48 bits per heavy atom. The second-order valence-electron chi connectivity index (χ2n) is 7.28. The van der Waals surface area contributed by atoms with Crippen LogP contribution in [0.3, 0.4) is 0 Å². The molecule has 1 aliphatic rings. The minimum absolute atomic E-state index is 0.0864. The monoisotopic (exact) mass is 323 g/mol. The van der Waals surface area contributed by atoms with Crippen molar-refractivity contribution >= 4 is 11.8 Å². The van der Waals surface area contributed by atoms with Crippen molar-refractivity contribution in [2.45, 2.75) is 45.4 Å². The third kappa shape index (κ3) is 3.67. The van der Waals surface area contributed by atoms with E-state index in [-0.39, 0.29) is 23.1 Å². The van der Waals surface area contributed by atoms with Gasteiger partial charge >= 0.3 is 6.03 Å². The minimum atomic E-state index is -0.223. The van der Waals surface area contributed by atoms with Crippen LogP contribution in [-0.2, 0) is 11.3 Å². The van der Waals surface area contributed by atoms with Crippen LogP contribution in [0.5, 0.6) is 0 Å². The van der Waals surface area contributed by atoms with Crippen LogP contribution in [0.4, 0.5) is 10.6 Å². The number of aromatic nitrogens is 2. The summed E-state index contributed by atoms with van der Waals surface area (Å²) in [5.74, 6) is 0.563. The molecule has 1 heterocycles. The molecule has 23 heavy (non-hydrogen) atoms. The summed E-state index contributed by atoms with van der Waals surface area (Å²) in [5, 5.41) is 10.2. The van der Waals surface area contributed by atoms with E-state index in [1.54, 1.807) is 13.2 Å². The SMILES string of the molecule is CO[C@]1(C)C[C@@H](NC(=O)Nc2ccn(CCN(C)C)n2)C1(C)C. The molecule has 7 nitrogen and oxygen atoms in total. The highest BCUT2D eigenvalue weighted by molar-refractivity contribution is 5.88. The van der Waals surface area contributed by atoms with E-state index in [0.717, 1.165) is 19.5 Å². The lowest BCUT2D eigenvalue weighted by atomic mass is 9.56. The molecule has 1 aliphatic carbocycles. The number of likely N-dealkylation sites (N-methyl/N-ethyl adjacent to an activating group) is 1. The quantitative estimate of drug-likeness (QED) is 0.837. The van der Waals surface area contributed by atoms with Gasteiger partial charge in [-0.25, -0.2) is 4.79 Å². The third-order valence-corrected chi connectivity index (χ3v) is 5.24. The first-order valence-electron chi connectivity index (χ1n) is 7.99. The van der Waals surface area contributed by atoms with Gasteiger partial charge in [0.2, 0.25) is 0 Å². The highest BCUT2D eigenvalue weighted by Crippen LogP contribution is 2.51. The highest BCUT2D eigenvalue weighted by Gasteiger charge is 2.58. The lowest BCUT2D eigenvalue weighted by Gasteiger charge is -2.58. The molecule has 0 unspecified atom stereocenters. The fraction of sp³-hybridized carbons (Fsp3) is 0.750. The lowest BCUT2D eigenvalue weighted by Crippen LogP contribution is -2.68. The topological polar surface area (TPSA) is 71.4 Å². The van der Waals surface area contributed by atoms with Gasteiger partial charge in [0, 0.05) is 37.4 Å². The molecule has 2 rings (SSSR count). The maximum Gasteiger partial charge on any atom is 0.320 e. The number of nitrogens with zero attached hydrogens (tertiary/aromatic N) is 3. The van der Waals surface area contributed by atoms with Gasteiger partial charge in [0.1, 0.15) is 0 Å². The molecule has 2 atom stereocenters. The Morgan fingerprint density at radius 3 is 2.74 bits per heavy atom. The van der Waals surface area contributed by atoms with E-state index in [0.29, 0.717) is 5.82 Å². The normalized spacial score (nSPS) is 26.0. The number of carbonyl (C=O) groups excluding carboxylic acids is 1.